The van der Waals surface area contributed by atoms with Crippen molar-refractivity contribution in [2.45, 2.75) is 32.7 Å². The van der Waals surface area contributed by atoms with Crippen LogP contribution in [-0.2, 0) is 9.53 Å². The van der Waals surface area contributed by atoms with E-state index in [1.807, 2.05) is 18.7 Å². The molecule has 0 aromatic heterocycles. The van der Waals surface area contributed by atoms with Crippen LogP contribution >= 0.6 is 24.0 Å². The van der Waals surface area contributed by atoms with Gasteiger partial charge in [0.25, 0.3) is 0 Å². The summed E-state index contributed by atoms with van der Waals surface area (Å²) in [6, 6.07) is 0.288. The summed E-state index contributed by atoms with van der Waals surface area (Å²) in [5.41, 5.74) is 0. The standard InChI is InChI=1S/C13H26N4O2.HI/c1-4-12(18)17-8-6-11(10-17)16-13(14-5-2)15-7-9-19-3;/h11H,4-10H2,1-3H3,(H2,14,15,16);1H. The Kier molecular flexibility index (Phi) is 10.8. The lowest BCUT2D eigenvalue weighted by atomic mass is 10.3. The van der Waals surface area contributed by atoms with E-state index in [1.165, 1.54) is 0 Å². The van der Waals surface area contributed by atoms with Crippen LogP contribution in [0.2, 0.25) is 0 Å². The number of halogens is 1. The summed E-state index contributed by atoms with van der Waals surface area (Å²) in [4.78, 5) is 18.0. The largest absolute Gasteiger partial charge is 0.383 e. The molecule has 7 heteroatoms. The highest BCUT2D eigenvalue weighted by Gasteiger charge is 2.25. The lowest BCUT2D eigenvalue weighted by molar-refractivity contribution is -0.129. The molecule has 6 nitrogen and oxygen atoms in total. The van der Waals surface area contributed by atoms with Gasteiger partial charge in [0.2, 0.25) is 5.91 Å². The number of amides is 1. The first-order chi connectivity index (χ1) is 9.21. The minimum atomic E-state index is 0. The van der Waals surface area contributed by atoms with Gasteiger partial charge in [-0.1, -0.05) is 6.92 Å². The normalized spacial score (nSPS) is 18.6. The van der Waals surface area contributed by atoms with Crippen molar-refractivity contribution in [3.05, 3.63) is 0 Å². The number of nitrogens with one attached hydrogen (secondary N) is 2. The molecule has 0 aliphatic carbocycles. The molecular formula is C13H27IN4O2. The third kappa shape index (κ3) is 6.74. The number of guanidine groups is 1. The van der Waals surface area contributed by atoms with E-state index >= 15 is 0 Å². The van der Waals surface area contributed by atoms with Gasteiger partial charge in [0, 0.05) is 39.2 Å². The Bertz CT molecular complexity index is 313. The van der Waals surface area contributed by atoms with Gasteiger partial charge >= 0.3 is 0 Å². The van der Waals surface area contributed by atoms with Crippen LogP contribution in [0.4, 0.5) is 0 Å². The molecule has 1 saturated heterocycles. The van der Waals surface area contributed by atoms with Crippen LogP contribution in [0.15, 0.2) is 4.99 Å². The van der Waals surface area contributed by atoms with Gasteiger partial charge in [-0.2, -0.15) is 0 Å². The molecule has 0 spiro atoms. The van der Waals surface area contributed by atoms with Crippen LogP contribution < -0.4 is 10.6 Å². The van der Waals surface area contributed by atoms with Crippen LogP contribution in [0.5, 0.6) is 0 Å². The molecule has 1 aliphatic heterocycles. The maximum absolute atomic E-state index is 11.6. The fourth-order valence-electron chi connectivity index (χ4n) is 2.09. The molecule has 1 fully saturated rings. The average molecular weight is 398 g/mol. The third-order valence-electron chi connectivity index (χ3n) is 3.09. The minimum Gasteiger partial charge on any atom is -0.383 e. The van der Waals surface area contributed by atoms with Gasteiger partial charge in [-0.05, 0) is 13.3 Å². The molecule has 0 saturated carbocycles. The van der Waals surface area contributed by atoms with E-state index < -0.39 is 0 Å². The number of carbonyl (C=O) groups excluding carboxylic acids is 1. The molecule has 20 heavy (non-hydrogen) atoms. The van der Waals surface area contributed by atoms with Gasteiger partial charge in [-0.3, -0.25) is 9.79 Å². The van der Waals surface area contributed by atoms with Gasteiger partial charge in [0.05, 0.1) is 13.2 Å². The number of carbonyl (C=O) groups is 1. The van der Waals surface area contributed by atoms with Crippen LogP contribution in [0.1, 0.15) is 26.7 Å². The molecule has 1 heterocycles. The van der Waals surface area contributed by atoms with Crippen molar-refractivity contribution in [3.8, 4) is 0 Å². The Morgan fingerprint density at radius 1 is 1.45 bits per heavy atom. The third-order valence-corrected chi connectivity index (χ3v) is 3.09. The molecular weight excluding hydrogens is 371 g/mol. The van der Waals surface area contributed by atoms with E-state index in [0.717, 1.165) is 32.0 Å². The Morgan fingerprint density at radius 2 is 2.20 bits per heavy atom. The predicted molar refractivity (Wildman–Crippen MR) is 91.7 cm³/mol. The van der Waals surface area contributed by atoms with E-state index in [2.05, 4.69) is 15.6 Å². The smallest absolute Gasteiger partial charge is 0.222 e. The summed E-state index contributed by atoms with van der Waals surface area (Å²) in [6.45, 7) is 7.61. The number of hydrogen-bond donors (Lipinski definition) is 2. The van der Waals surface area contributed by atoms with Gasteiger partial charge in [-0.15, -0.1) is 24.0 Å². The molecule has 0 aromatic rings. The molecule has 0 bridgehead atoms. The summed E-state index contributed by atoms with van der Waals surface area (Å²) < 4.78 is 4.99. The van der Waals surface area contributed by atoms with Gasteiger partial charge in [0.15, 0.2) is 5.96 Å². The Balaban J connectivity index is 0.00000361. The van der Waals surface area contributed by atoms with E-state index in [4.69, 9.17) is 4.74 Å². The maximum Gasteiger partial charge on any atom is 0.222 e. The van der Waals surface area contributed by atoms with Crippen LogP contribution in [-0.4, -0.2) is 62.7 Å². The summed E-state index contributed by atoms with van der Waals surface area (Å²) in [5.74, 6) is 1.03. The van der Waals surface area contributed by atoms with E-state index in [1.54, 1.807) is 7.11 Å². The van der Waals surface area contributed by atoms with Gasteiger partial charge in [-0.25, -0.2) is 0 Å². The summed E-state index contributed by atoms with van der Waals surface area (Å²) in [7, 11) is 1.67. The summed E-state index contributed by atoms with van der Waals surface area (Å²) in [5, 5.41) is 6.58. The van der Waals surface area contributed by atoms with Crippen LogP contribution in [0, 0.1) is 0 Å². The highest BCUT2D eigenvalue weighted by Crippen LogP contribution is 2.10. The number of aliphatic imine (C=N–C) groups is 1. The molecule has 1 aliphatic rings. The highest BCUT2D eigenvalue weighted by molar-refractivity contribution is 14.0. The molecule has 1 atom stereocenters. The van der Waals surface area contributed by atoms with Gasteiger partial charge < -0.3 is 20.3 Å². The van der Waals surface area contributed by atoms with Crippen molar-refractivity contribution in [2.24, 2.45) is 4.99 Å². The monoisotopic (exact) mass is 398 g/mol. The van der Waals surface area contributed by atoms with Gasteiger partial charge in [0.1, 0.15) is 0 Å². The zero-order chi connectivity index (χ0) is 14.1. The number of nitrogens with zero attached hydrogens (tertiary/aromatic N) is 2. The van der Waals surface area contributed by atoms with Crippen LogP contribution in [0.25, 0.3) is 0 Å². The topological polar surface area (TPSA) is 66.0 Å². The molecule has 1 amide bonds. The summed E-state index contributed by atoms with van der Waals surface area (Å²) >= 11 is 0. The number of likely N-dealkylation sites (tertiary alicyclic amines) is 1. The second-order valence-electron chi connectivity index (χ2n) is 4.58. The molecule has 2 N–H and O–H groups in total. The second-order valence-corrected chi connectivity index (χ2v) is 4.58. The molecule has 1 rings (SSSR count). The highest BCUT2D eigenvalue weighted by atomic mass is 127. The van der Waals surface area contributed by atoms with E-state index in [0.29, 0.717) is 19.6 Å². The van der Waals surface area contributed by atoms with Crippen molar-refractivity contribution < 1.29 is 9.53 Å². The van der Waals surface area contributed by atoms with Crippen LogP contribution in [0.3, 0.4) is 0 Å². The Hall–Kier alpha value is -0.570. The fourth-order valence-corrected chi connectivity index (χ4v) is 2.09. The summed E-state index contributed by atoms with van der Waals surface area (Å²) in [6.07, 6.45) is 1.55. The second kappa shape index (κ2) is 11.1. The van der Waals surface area contributed by atoms with Crippen molar-refractivity contribution >= 4 is 35.8 Å². The van der Waals surface area contributed by atoms with Crippen molar-refractivity contribution in [1.82, 2.24) is 15.5 Å². The van der Waals surface area contributed by atoms with Crippen molar-refractivity contribution in [2.75, 3.05) is 39.9 Å². The predicted octanol–water partition coefficient (Wildman–Crippen LogP) is 0.817. The zero-order valence-electron chi connectivity index (χ0n) is 12.6. The Labute approximate surface area is 138 Å². The van der Waals surface area contributed by atoms with E-state index in [-0.39, 0.29) is 35.9 Å². The first kappa shape index (κ1) is 19.4. The number of methoxy groups -OCH3 is 1. The molecule has 118 valence electrons. The average Bonchev–Trinajstić information content (AvgIpc) is 2.87. The Morgan fingerprint density at radius 3 is 2.80 bits per heavy atom. The number of ether oxygens (including phenoxy) is 1. The quantitative estimate of drug-likeness (QED) is 0.301. The SMILES string of the molecule is CCNC(=NCCOC)NC1CCN(C(=O)CC)C1.I. The van der Waals surface area contributed by atoms with E-state index in [9.17, 15) is 4.79 Å². The van der Waals surface area contributed by atoms with Crippen molar-refractivity contribution in [3.63, 3.8) is 0 Å². The first-order valence-electron chi connectivity index (χ1n) is 7.02. The maximum atomic E-state index is 11.6. The lowest BCUT2D eigenvalue weighted by Gasteiger charge is -2.18. The first-order valence-corrected chi connectivity index (χ1v) is 7.02. The molecule has 0 radical (unpaired) electrons. The molecule has 0 aromatic carbocycles. The minimum absolute atomic E-state index is 0. The molecule has 1 unspecified atom stereocenters. The van der Waals surface area contributed by atoms with Crippen molar-refractivity contribution in [1.29, 1.82) is 0 Å². The number of rotatable bonds is 6. The fraction of sp³-hybridized carbons (Fsp3) is 0.846. The lowest BCUT2D eigenvalue weighted by Crippen LogP contribution is -2.45. The number of hydrogen-bond acceptors (Lipinski definition) is 3. The zero-order valence-corrected chi connectivity index (χ0v) is 15.0.